The standard InChI is InChI=1S/C26H30O5.C11H12O4/c1-22(2)17(27)7-9-23(3)16-6-10-24(4)15(14-8-11-30-13-14)12-18-26(24,31-18)25(16,5)21(29)19(28)20(22)23;1-14-9-5-3-8(4-6-11(12)13)7-10(9)15-2/h7-9,11,13,15-16,18,28H,6,10,12H2,1-5H3;3-7H,1-2H3,(H,12,13). The molecule has 244 valence electrons. The van der Waals surface area contributed by atoms with Crippen LogP contribution in [0, 0.1) is 27.6 Å². The molecule has 9 nitrogen and oxygen atoms in total. The Balaban J connectivity index is 0.000000210. The Morgan fingerprint density at radius 1 is 1.04 bits per heavy atom. The third kappa shape index (κ3) is 4.06. The zero-order valence-corrected chi connectivity index (χ0v) is 27.4. The number of ether oxygens (including phenoxy) is 3. The Morgan fingerprint density at radius 2 is 1.76 bits per heavy atom. The van der Waals surface area contributed by atoms with Crippen molar-refractivity contribution in [3.63, 3.8) is 0 Å². The molecule has 2 heterocycles. The lowest BCUT2D eigenvalue weighted by Gasteiger charge is -2.62. The van der Waals surface area contributed by atoms with Crippen molar-refractivity contribution in [1.82, 2.24) is 0 Å². The first kappa shape index (κ1) is 31.9. The molecule has 2 N–H and O–H groups in total. The number of carboxylic acids is 1. The maximum absolute atomic E-state index is 14.0. The van der Waals surface area contributed by atoms with Crippen LogP contribution in [-0.4, -0.2) is 53.7 Å². The fraction of sp³-hybridized carbons (Fsp3) is 0.486. The van der Waals surface area contributed by atoms with E-state index in [4.69, 9.17) is 23.7 Å². The second-order valence-electron chi connectivity index (χ2n) is 14.3. The number of carbonyl (C=O) groups excluding carboxylic acids is 2. The van der Waals surface area contributed by atoms with E-state index >= 15 is 0 Å². The first-order chi connectivity index (χ1) is 21.6. The quantitative estimate of drug-likeness (QED) is 0.273. The van der Waals surface area contributed by atoms with Crippen LogP contribution in [0.5, 0.6) is 11.5 Å². The first-order valence-electron chi connectivity index (χ1n) is 15.7. The monoisotopic (exact) mass is 630 g/mol. The molecule has 0 amide bonds. The molecule has 0 radical (unpaired) electrons. The molecule has 3 fully saturated rings. The largest absolute Gasteiger partial charge is 0.504 e. The van der Waals surface area contributed by atoms with Gasteiger partial charge in [0, 0.05) is 16.9 Å². The molecule has 46 heavy (non-hydrogen) atoms. The number of aliphatic hydroxyl groups excluding tert-OH is 1. The number of aliphatic carboxylic acids is 1. The summed E-state index contributed by atoms with van der Waals surface area (Å²) in [7, 11) is 3.08. The SMILES string of the molecule is CC1(C)C(=O)C=CC2(C)C1=C(O)C(=O)C1(C)C2CCC2(C)C(c3ccoc3)CC3OC321.COc1ccc(C=CC(=O)O)cc1OC. The van der Waals surface area contributed by atoms with E-state index in [-0.39, 0.29) is 40.7 Å². The van der Waals surface area contributed by atoms with Gasteiger partial charge >= 0.3 is 5.97 Å². The van der Waals surface area contributed by atoms with E-state index < -0.39 is 27.8 Å². The van der Waals surface area contributed by atoms with Crippen LogP contribution < -0.4 is 9.47 Å². The van der Waals surface area contributed by atoms with Gasteiger partial charge in [0.05, 0.1) is 43.7 Å². The summed E-state index contributed by atoms with van der Waals surface area (Å²) in [5.41, 5.74) is -0.654. The average Bonchev–Trinajstić information content (AvgIpc) is 3.37. The fourth-order valence-corrected chi connectivity index (χ4v) is 9.91. The molecule has 7 atom stereocenters. The molecule has 5 aliphatic rings. The second kappa shape index (κ2) is 10.5. The Bertz CT molecular complexity index is 1700. The van der Waals surface area contributed by atoms with Crippen LogP contribution in [0.15, 0.2) is 70.8 Å². The summed E-state index contributed by atoms with van der Waals surface area (Å²) in [5.74, 6) is -0.104. The number of hydrogen-bond donors (Lipinski definition) is 2. The third-order valence-corrected chi connectivity index (χ3v) is 12.0. The van der Waals surface area contributed by atoms with Gasteiger partial charge in [-0.15, -0.1) is 0 Å². The number of rotatable bonds is 5. The highest BCUT2D eigenvalue weighted by molar-refractivity contribution is 6.06. The van der Waals surface area contributed by atoms with Crippen molar-refractivity contribution in [2.45, 2.75) is 71.5 Å². The number of epoxide rings is 1. The van der Waals surface area contributed by atoms with Gasteiger partial charge in [-0.3, -0.25) is 9.59 Å². The molecule has 9 heteroatoms. The van der Waals surface area contributed by atoms with Crippen molar-refractivity contribution in [1.29, 1.82) is 0 Å². The minimum absolute atomic E-state index is 0.00527. The predicted molar refractivity (Wildman–Crippen MR) is 170 cm³/mol. The number of benzene rings is 1. The topological polar surface area (TPSA) is 136 Å². The van der Waals surface area contributed by atoms with Crippen LogP contribution in [0.3, 0.4) is 0 Å². The fourth-order valence-electron chi connectivity index (χ4n) is 9.91. The summed E-state index contributed by atoms with van der Waals surface area (Å²) in [5, 5.41) is 19.8. The Hall–Kier alpha value is -4.11. The summed E-state index contributed by atoms with van der Waals surface area (Å²) in [4.78, 5) is 37.1. The minimum atomic E-state index is -0.982. The number of fused-ring (bicyclic) bond motifs is 3. The molecule has 7 unspecified atom stereocenters. The van der Waals surface area contributed by atoms with E-state index in [1.165, 1.54) is 18.7 Å². The molecule has 2 aromatic rings. The van der Waals surface area contributed by atoms with Crippen molar-refractivity contribution in [3.05, 3.63) is 77.5 Å². The first-order valence-corrected chi connectivity index (χ1v) is 15.7. The van der Waals surface area contributed by atoms with Crippen LogP contribution in [-0.2, 0) is 19.1 Å². The minimum Gasteiger partial charge on any atom is -0.504 e. The third-order valence-electron chi connectivity index (χ3n) is 12.0. The molecule has 0 bridgehead atoms. The molecule has 1 spiro atoms. The number of aliphatic hydroxyl groups is 1. The van der Waals surface area contributed by atoms with Crippen molar-refractivity contribution < 1.29 is 43.2 Å². The van der Waals surface area contributed by atoms with Gasteiger partial charge in [0.1, 0.15) is 5.60 Å². The number of hydrogen-bond acceptors (Lipinski definition) is 8. The van der Waals surface area contributed by atoms with Gasteiger partial charge in [-0.25, -0.2) is 4.79 Å². The van der Waals surface area contributed by atoms with Crippen molar-refractivity contribution in [3.8, 4) is 11.5 Å². The summed E-state index contributed by atoms with van der Waals surface area (Å²) < 4.78 is 22.0. The highest BCUT2D eigenvalue weighted by Crippen LogP contribution is 2.81. The number of methoxy groups -OCH3 is 2. The maximum atomic E-state index is 14.0. The molecule has 1 aromatic carbocycles. The summed E-state index contributed by atoms with van der Waals surface area (Å²) in [6, 6.07) is 7.21. The van der Waals surface area contributed by atoms with E-state index in [0.717, 1.165) is 30.9 Å². The molecule has 4 aliphatic carbocycles. The van der Waals surface area contributed by atoms with Crippen molar-refractivity contribution in [2.24, 2.45) is 27.6 Å². The zero-order valence-electron chi connectivity index (χ0n) is 27.4. The van der Waals surface area contributed by atoms with E-state index in [1.54, 1.807) is 37.6 Å². The van der Waals surface area contributed by atoms with Gasteiger partial charge in [-0.05, 0) is 98.9 Å². The number of carboxylic acid groups (broad SMARTS) is 1. The summed E-state index contributed by atoms with van der Waals surface area (Å²) >= 11 is 0. The maximum Gasteiger partial charge on any atom is 0.328 e. The van der Waals surface area contributed by atoms with Crippen molar-refractivity contribution >= 4 is 23.6 Å². The lowest BCUT2D eigenvalue weighted by atomic mass is 9.39. The molecule has 2 saturated carbocycles. The highest BCUT2D eigenvalue weighted by Gasteiger charge is 2.87. The van der Waals surface area contributed by atoms with Gasteiger partial charge in [-0.1, -0.05) is 26.0 Å². The van der Waals surface area contributed by atoms with E-state index in [9.17, 15) is 19.5 Å². The summed E-state index contributed by atoms with van der Waals surface area (Å²) in [6.07, 6.45) is 12.3. The van der Waals surface area contributed by atoms with Gasteiger partial charge in [0.2, 0.25) is 5.78 Å². The smallest absolute Gasteiger partial charge is 0.328 e. The number of allylic oxidation sites excluding steroid dienone is 4. The Kier molecular flexibility index (Phi) is 7.24. The van der Waals surface area contributed by atoms with E-state index in [2.05, 4.69) is 13.8 Å². The van der Waals surface area contributed by atoms with Crippen LogP contribution in [0.1, 0.15) is 70.9 Å². The lowest BCUT2D eigenvalue weighted by molar-refractivity contribution is -0.162. The van der Waals surface area contributed by atoms with Crippen LogP contribution in [0.2, 0.25) is 0 Å². The molecule has 1 aliphatic heterocycles. The summed E-state index contributed by atoms with van der Waals surface area (Å²) in [6.45, 7) is 10.0. The lowest BCUT2D eigenvalue weighted by Crippen LogP contribution is -2.66. The van der Waals surface area contributed by atoms with Gasteiger partial charge in [0.15, 0.2) is 23.0 Å². The molecular weight excluding hydrogens is 588 g/mol. The zero-order chi connectivity index (χ0) is 33.4. The van der Waals surface area contributed by atoms with Gasteiger partial charge < -0.3 is 28.8 Å². The van der Waals surface area contributed by atoms with Crippen molar-refractivity contribution in [2.75, 3.05) is 14.2 Å². The second-order valence-corrected chi connectivity index (χ2v) is 14.3. The number of ketones is 2. The Labute approximate surface area is 268 Å². The van der Waals surface area contributed by atoms with Gasteiger partial charge in [0.25, 0.3) is 0 Å². The molecule has 7 rings (SSSR count). The molecule has 1 aromatic heterocycles. The number of Topliss-reactive ketones (excluding diaryl/α,β-unsaturated/α-hetero) is 1. The number of carbonyl (C=O) groups is 3. The average molecular weight is 631 g/mol. The van der Waals surface area contributed by atoms with Crippen LogP contribution in [0.25, 0.3) is 6.08 Å². The normalized spacial score (nSPS) is 36.6. The van der Waals surface area contributed by atoms with E-state index in [1.807, 2.05) is 39.2 Å². The van der Waals surface area contributed by atoms with Gasteiger partial charge in [-0.2, -0.15) is 0 Å². The molecular formula is C37H42O9. The Morgan fingerprint density at radius 3 is 2.39 bits per heavy atom. The highest BCUT2D eigenvalue weighted by atomic mass is 16.6. The van der Waals surface area contributed by atoms with Crippen LogP contribution in [0.4, 0.5) is 0 Å². The molecule has 1 saturated heterocycles. The van der Waals surface area contributed by atoms with Crippen LogP contribution >= 0.6 is 0 Å². The predicted octanol–water partition coefficient (Wildman–Crippen LogP) is 6.69. The number of furan rings is 1. The van der Waals surface area contributed by atoms with E-state index in [0.29, 0.717) is 17.1 Å².